The SMILES string of the molecule is CC(C)C.CCC.CCOC(=O)/C(C)=C/CN(C)C(=O)CNC=O.CN1CCCCC1. The van der Waals surface area contributed by atoms with Gasteiger partial charge in [0, 0.05) is 19.2 Å². The van der Waals surface area contributed by atoms with Gasteiger partial charge >= 0.3 is 5.97 Å². The quantitative estimate of drug-likeness (QED) is 0.367. The van der Waals surface area contributed by atoms with Crippen LogP contribution in [0, 0.1) is 5.92 Å². The average molecular weight is 444 g/mol. The summed E-state index contributed by atoms with van der Waals surface area (Å²) in [6, 6.07) is 0. The average Bonchev–Trinajstić information content (AvgIpc) is 2.71. The molecule has 0 radical (unpaired) electrons. The second kappa shape index (κ2) is 24.4. The van der Waals surface area contributed by atoms with Gasteiger partial charge in [0.2, 0.25) is 12.3 Å². The molecule has 0 aromatic heterocycles. The molecule has 7 heteroatoms. The molecule has 31 heavy (non-hydrogen) atoms. The van der Waals surface area contributed by atoms with E-state index in [2.05, 4.69) is 51.9 Å². The number of hydrogen-bond donors (Lipinski definition) is 1. The van der Waals surface area contributed by atoms with E-state index in [1.807, 2.05) is 0 Å². The topological polar surface area (TPSA) is 79.0 Å². The molecule has 0 aromatic rings. The number of nitrogens with one attached hydrogen (secondary N) is 1. The smallest absolute Gasteiger partial charge is 0.333 e. The second-order valence-corrected chi connectivity index (χ2v) is 8.18. The molecule has 0 saturated carbocycles. The first-order valence-corrected chi connectivity index (χ1v) is 11.5. The fraction of sp³-hybridized carbons (Fsp3) is 0.792. The third kappa shape index (κ3) is 28.1. The zero-order valence-corrected chi connectivity index (χ0v) is 21.6. The number of piperidine rings is 1. The summed E-state index contributed by atoms with van der Waals surface area (Å²) in [5.41, 5.74) is 0.454. The lowest BCUT2D eigenvalue weighted by molar-refractivity contribution is -0.138. The molecule has 1 heterocycles. The Labute approximate surface area is 191 Å². The summed E-state index contributed by atoms with van der Waals surface area (Å²) in [5, 5.41) is 2.28. The predicted octanol–water partition coefficient (Wildman–Crippen LogP) is 3.88. The van der Waals surface area contributed by atoms with E-state index < -0.39 is 0 Å². The number of likely N-dealkylation sites (N-methyl/N-ethyl adjacent to an activating group) is 1. The number of esters is 1. The molecule has 1 fully saturated rings. The molecule has 1 saturated heterocycles. The lowest BCUT2D eigenvalue weighted by atomic mass is 10.1. The molecule has 2 amide bonds. The molecular weight excluding hydrogens is 394 g/mol. The number of amides is 2. The molecule has 1 N–H and O–H groups in total. The van der Waals surface area contributed by atoms with Gasteiger partial charge in [-0.05, 0) is 52.7 Å². The molecule has 0 unspecified atom stereocenters. The number of ether oxygens (including phenoxy) is 1. The van der Waals surface area contributed by atoms with Crippen LogP contribution in [0.3, 0.4) is 0 Å². The number of hydrogen-bond acceptors (Lipinski definition) is 5. The number of likely N-dealkylation sites (tertiary alicyclic amines) is 1. The summed E-state index contributed by atoms with van der Waals surface area (Å²) in [4.78, 5) is 36.4. The standard InChI is InChI=1S/C11H18N2O4.C6H13N.C4H10.C3H8/c1-4-17-11(16)9(2)5-6-13(3)10(15)7-12-8-14;1-7-5-3-2-4-6-7;1-4(2)3;1-3-2/h5,8H,4,6-7H2,1-3H3,(H,12,14);2-6H2,1H3;4H,1-3H3;3H2,1-2H3/b9-5+;;;. The van der Waals surface area contributed by atoms with Crippen molar-refractivity contribution in [1.29, 1.82) is 0 Å². The van der Waals surface area contributed by atoms with Crippen molar-refractivity contribution in [1.82, 2.24) is 15.1 Å². The maximum absolute atomic E-state index is 11.4. The van der Waals surface area contributed by atoms with E-state index >= 15 is 0 Å². The molecule has 1 aliphatic heterocycles. The van der Waals surface area contributed by atoms with E-state index in [1.165, 1.54) is 43.7 Å². The van der Waals surface area contributed by atoms with E-state index in [-0.39, 0.29) is 18.4 Å². The van der Waals surface area contributed by atoms with E-state index in [1.54, 1.807) is 27.0 Å². The highest BCUT2D eigenvalue weighted by Crippen LogP contribution is 2.04. The van der Waals surface area contributed by atoms with Gasteiger partial charge in [-0.1, -0.05) is 53.5 Å². The maximum atomic E-state index is 11.4. The molecule has 0 bridgehead atoms. The van der Waals surface area contributed by atoms with Crippen molar-refractivity contribution >= 4 is 18.3 Å². The number of carbonyl (C=O) groups is 3. The summed E-state index contributed by atoms with van der Waals surface area (Å²) in [6.45, 7) is 17.3. The van der Waals surface area contributed by atoms with E-state index in [4.69, 9.17) is 4.74 Å². The third-order valence-electron chi connectivity index (χ3n) is 3.61. The Kier molecular flexibility index (Phi) is 26.5. The fourth-order valence-electron chi connectivity index (χ4n) is 2.02. The lowest BCUT2D eigenvalue weighted by Gasteiger charge is -2.20. The van der Waals surface area contributed by atoms with Crippen molar-refractivity contribution in [3.05, 3.63) is 11.6 Å². The van der Waals surface area contributed by atoms with Crippen LogP contribution in [0.1, 0.15) is 74.1 Å². The Morgan fingerprint density at radius 3 is 1.94 bits per heavy atom. The van der Waals surface area contributed by atoms with Crippen molar-refractivity contribution < 1.29 is 19.1 Å². The minimum atomic E-state index is -0.389. The van der Waals surface area contributed by atoms with Gasteiger partial charge in [0.25, 0.3) is 0 Å². The van der Waals surface area contributed by atoms with E-state index in [0.717, 1.165) is 5.92 Å². The Balaban J connectivity index is -0.000000453. The van der Waals surface area contributed by atoms with Gasteiger partial charge in [0.05, 0.1) is 13.2 Å². The van der Waals surface area contributed by atoms with Crippen molar-refractivity contribution in [3.8, 4) is 0 Å². The van der Waals surface area contributed by atoms with Crippen LogP contribution in [-0.2, 0) is 19.1 Å². The molecule has 7 nitrogen and oxygen atoms in total. The minimum Gasteiger partial charge on any atom is -0.463 e. The predicted molar refractivity (Wildman–Crippen MR) is 130 cm³/mol. The zero-order chi connectivity index (χ0) is 24.7. The van der Waals surface area contributed by atoms with E-state index in [9.17, 15) is 14.4 Å². The zero-order valence-electron chi connectivity index (χ0n) is 21.6. The van der Waals surface area contributed by atoms with Crippen molar-refractivity contribution in [3.63, 3.8) is 0 Å². The summed E-state index contributed by atoms with van der Waals surface area (Å²) in [6.07, 6.45) is 7.60. The summed E-state index contributed by atoms with van der Waals surface area (Å²) in [5.74, 6) is 0.212. The second-order valence-electron chi connectivity index (χ2n) is 8.18. The van der Waals surface area contributed by atoms with Crippen LogP contribution in [0.4, 0.5) is 0 Å². The fourth-order valence-corrected chi connectivity index (χ4v) is 2.02. The first-order valence-electron chi connectivity index (χ1n) is 11.5. The van der Waals surface area contributed by atoms with Crippen molar-refractivity contribution in [2.75, 3.05) is 46.9 Å². The Morgan fingerprint density at radius 1 is 1.10 bits per heavy atom. The monoisotopic (exact) mass is 443 g/mol. The van der Waals surface area contributed by atoms with Gasteiger partial charge in [-0.3, -0.25) is 9.59 Å². The van der Waals surface area contributed by atoms with Gasteiger partial charge in [0.15, 0.2) is 0 Å². The lowest BCUT2D eigenvalue weighted by Crippen LogP contribution is -2.35. The summed E-state index contributed by atoms with van der Waals surface area (Å²) < 4.78 is 4.79. The third-order valence-corrected chi connectivity index (χ3v) is 3.61. The van der Waals surface area contributed by atoms with Crippen LogP contribution in [0.2, 0.25) is 0 Å². The Hall–Kier alpha value is -1.89. The molecule has 1 rings (SSSR count). The van der Waals surface area contributed by atoms with Crippen molar-refractivity contribution in [2.24, 2.45) is 5.92 Å². The maximum Gasteiger partial charge on any atom is 0.333 e. The highest BCUT2D eigenvalue weighted by atomic mass is 16.5. The number of rotatable bonds is 7. The van der Waals surface area contributed by atoms with Gasteiger partial charge in [-0.25, -0.2) is 4.79 Å². The number of nitrogens with zero attached hydrogens (tertiary/aromatic N) is 2. The molecule has 0 atom stereocenters. The summed E-state index contributed by atoms with van der Waals surface area (Å²) in [7, 11) is 3.78. The number of carbonyl (C=O) groups excluding carboxylic acids is 3. The van der Waals surface area contributed by atoms with E-state index in [0.29, 0.717) is 25.1 Å². The Bertz CT molecular complexity index is 471. The van der Waals surface area contributed by atoms with Crippen LogP contribution in [0.25, 0.3) is 0 Å². The largest absolute Gasteiger partial charge is 0.463 e. The van der Waals surface area contributed by atoms with Gasteiger partial charge in [-0.2, -0.15) is 0 Å². The van der Waals surface area contributed by atoms with Crippen LogP contribution < -0.4 is 5.32 Å². The van der Waals surface area contributed by atoms with Gasteiger partial charge < -0.3 is 19.9 Å². The highest BCUT2D eigenvalue weighted by Gasteiger charge is 2.08. The van der Waals surface area contributed by atoms with Gasteiger partial charge in [0.1, 0.15) is 0 Å². The van der Waals surface area contributed by atoms with Crippen LogP contribution in [0.5, 0.6) is 0 Å². The molecular formula is C24H49N3O4. The molecule has 1 aliphatic rings. The summed E-state index contributed by atoms with van der Waals surface area (Å²) >= 11 is 0. The van der Waals surface area contributed by atoms with Crippen LogP contribution in [0.15, 0.2) is 11.6 Å². The molecule has 0 aliphatic carbocycles. The molecule has 0 spiro atoms. The minimum absolute atomic E-state index is 0.0493. The van der Waals surface area contributed by atoms with Gasteiger partial charge in [-0.15, -0.1) is 0 Å². The first-order chi connectivity index (χ1) is 14.6. The van der Waals surface area contributed by atoms with Crippen LogP contribution >= 0.6 is 0 Å². The highest BCUT2D eigenvalue weighted by molar-refractivity contribution is 5.88. The molecule has 0 aromatic carbocycles. The van der Waals surface area contributed by atoms with Crippen LogP contribution in [-0.4, -0.2) is 75.0 Å². The van der Waals surface area contributed by atoms with Crippen molar-refractivity contribution in [2.45, 2.75) is 74.1 Å². The molecule has 184 valence electrons. The normalized spacial score (nSPS) is 13.3. The first kappa shape index (κ1) is 33.7. The Morgan fingerprint density at radius 2 is 1.58 bits per heavy atom.